The maximum absolute atomic E-state index is 13.3. The number of aryl methyl sites for hydroxylation is 1. The summed E-state index contributed by atoms with van der Waals surface area (Å²) in [4.78, 5) is 19.1. The number of thiazole rings is 1. The number of aromatic nitrogens is 3. The second-order valence-electron chi connectivity index (χ2n) is 6.58. The molecule has 0 radical (unpaired) electrons. The topological polar surface area (TPSA) is 60.3 Å². The van der Waals surface area contributed by atoms with Gasteiger partial charge in [-0.3, -0.25) is 9.69 Å². The molecule has 0 fully saturated rings. The number of carbonyl (C=O) groups is 1. The number of nitrogens with zero attached hydrogens (tertiary/aromatic N) is 4. The molecule has 6 nitrogen and oxygen atoms in total. The monoisotopic (exact) mass is 404 g/mol. The van der Waals surface area contributed by atoms with Crippen LogP contribution < -0.4 is 9.64 Å². The number of ether oxygens (including phenoxy) is 1. The van der Waals surface area contributed by atoms with E-state index in [2.05, 4.69) is 4.98 Å². The summed E-state index contributed by atoms with van der Waals surface area (Å²) in [5.41, 5.74) is 3.95. The molecule has 0 bridgehead atoms. The fourth-order valence-corrected chi connectivity index (χ4v) is 3.60. The summed E-state index contributed by atoms with van der Waals surface area (Å²) >= 11 is 1.41. The fourth-order valence-electron chi connectivity index (χ4n) is 2.99. The molecule has 0 aliphatic heterocycles. The van der Waals surface area contributed by atoms with Crippen molar-refractivity contribution in [2.24, 2.45) is 0 Å². The molecule has 146 valence electrons. The highest BCUT2D eigenvalue weighted by Crippen LogP contribution is 2.29. The highest BCUT2D eigenvalue weighted by molar-refractivity contribution is 7.13. The van der Waals surface area contributed by atoms with E-state index < -0.39 is 0 Å². The normalized spacial score (nSPS) is 10.7. The molecule has 2 heterocycles. The second-order valence-corrected chi connectivity index (χ2v) is 7.46. The average molecular weight is 404 g/mol. The smallest absolute Gasteiger partial charge is 0.263 e. The number of hydrogen-bond acceptors (Lipinski definition) is 5. The van der Waals surface area contributed by atoms with Crippen molar-refractivity contribution in [2.75, 3.05) is 19.1 Å². The highest BCUT2D eigenvalue weighted by atomic mass is 32.1. The van der Waals surface area contributed by atoms with E-state index in [0.29, 0.717) is 22.1 Å². The van der Waals surface area contributed by atoms with E-state index in [-0.39, 0.29) is 5.91 Å². The van der Waals surface area contributed by atoms with Gasteiger partial charge in [-0.25, -0.2) is 9.67 Å². The van der Waals surface area contributed by atoms with Crippen molar-refractivity contribution < 1.29 is 9.53 Å². The van der Waals surface area contributed by atoms with Crippen LogP contribution in [0.15, 0.2) is 66.3 Å². The van der Waals surface area contributed by atoms with Gasteiger partial charge in [-0.05, 0) is 31.2 Å². The number of carbonyl (C=O) groups excluding carboxylic acids is 1. The van der Waals surface area contributed by atoms with Crippen LogP contribution in [0.1, 0.15) is 15.9 Å². The standard InChI is InChI=1S/C22H20N4O2S/c1-15-7-9-17(10-8-15)26-14-19(21(27)25(2)22-23-11-12-29-22)20(24-26)16-5-4-6-18(13-16)28-3/h4-14H,1-3H3. The lowest BCUT2D eigenvalue weighted by atomic mass is 10.1. The number of amides is 1. The molecule has 0 aliphatic carbocycles. The Morgan fingerprint density at radius 2 is 1.97 bits per heavy atom. The van der Waals surface area contributed by atoms with Crippen LogP contribution in [0, 0.1) is 6.92 Å². The lowest BCUT2D eigenvalue weighted by molar-refractivity contribution is 0.0993. The first kappa shape index (κ1) is 18.9. The van der Waals surface area contributed by atoms with Gasteiger partial charge in [0.25, 0.3) is 5.91 Å². The number of anilines is 1. The van der Waals surface area contributed by atoms with Gasteiger partial charge in [-0.15, -0.1) is 11.3 Å². The largest absolute Gasteiger partial charge is 0.497 e. The number of benzene rings is 2. The van der Waals surface area contributed by atoms with Crippen molar-refractivity contribution in [3.63, 3.8) is 0 Å². The number of hydrogen-bond donors (Lipinski definition) is 0. The molecule has 0 atom stereocenters. The van der Waals surface area contributed by atoms with Gasteiger partial charge >= 0.3 is 0 Å². The summed E-state index contributed by atoms with van der Waals surface area (Å²) in [5.74, 6) is 0.537. The Hall–Kier alpha value is -3.45. The Morgan fingerprint density at radius 1 is 1.17 bits per heavy atom. The van der Waals surface area contributed by atoms with Crippen LogP contribution in [0.3, 0.4) is 0 Å². The summed E-state index contributed by atoms with van der Waals surface area (Å²) in [6.45, 7) is 2.03. The van der Waals surface area contributed by atoms with Gasteiger partial charge in [-0.1, -0.05) is 29.8 Å². The zero-order chi connectivity index (χ0) is 20.4. The van der Waals surface area contributed by atoms with Crippen molar-refractivity contribution in [3.8, 4) is 22.7 Å². The molecule has 4 aromatic rings. The molecule has 2 aromatic carbocycles. The van der Waals surface area contributed by atoms with E-state index in [4.69, 9.17) is 9.84 Å². The van der Waals surface area contributed by atoms with Crippen molar-refractivity contribution in [1.29, 1.82) is 0 Å². The third kappa shape index (κ3) is 3.77. The first-order valence-corrected chi connectivity index (χ1v) is 9.93. The van der Waals surface area contributed by atoms with Crippen LogP contribution >= 0.6 is 11.3 Å². The molecule has 0 saturated carbocycles. The zero-order valence-electron chi connectivity index (χ0n) is 16.4. The van der Waals surface area contributed by atoms with Gasteiger partial charge < -0.3 is 4.74 Å². The fraction of sp³-hybridized carbons (Fsp3) is 0.136. The highest BCUT2D eigenvalue weighted by Gasteiger charge is 2.23. The van der Waals surface area contributed by atoms with E-state index in [9.17, 15) is 4.79 Å². The van der Waals surface area contributed by atoms with E-state index in [1.807, 2.05) is 60.8 Å². The van der Waals surface area contributed by atoms with E-state index >= 15 is 0 Å². The van der Waals surface area contributed by atoms with Crippen molar-refractivity contribution >= 4 is 22.4 Å². The molecule has 0 saturated heterocycles. The summed E-state index contributed by atoms with van der Waals surface area (Å²) < 4.78 is 7.08. The van der Waals surface area contributed by atoms with Gasteiger partial charge in [0, 0.05) is 30.4 Å². The first-order chi connectivity index (χ1) is 14.1. The predicted molar refractivity (Wildman–Crippen MR) is 115 cm³/mol. The molecule has 4 rings (SSSR count). The van der Waals surface area contributed by atoms with Crippen LogP contribution in [0.25, 0.3) is 16.9 Å². The van der Waals surface area contributed by atoms with Gasteiger partial charge in [0.1, 0.15) is 11.4 Å². The minimum atomic E-state index is -0.170. The quantitative estimate of drug-likeness (QED) is 0.488. The number of rotatable bonds is 5. The lowest BCUT2D eigenvalue weighted by Gasteiger charge is -2.13. The first-order valence-electron chi connectivity index (χ1n) is 9.05. The molecule has 0 N–H and O–H groups in total. The maximum Gasteiger partial charge on any atom is 0.263 e. The Balaban J connectivity index is 1.83. The van der Waals surface area contributed by atoms with Gasteiger partial charge in [-0.2, -0.15) is 5.10 Å². The Labute approximate surface area is 173 Å². The van der Waals surface area contributed by atoms with E-state index in [1.54, 1.807) is 36.1 Å². The molecule has 7 heteroatoms. The van der Waals surface area contributed by atoms with Crippen LogP contribution in [0.2, 0.25) is 0 Å². The second kappa shape index (κ2) is 7.89. The molecular weight excluding hydrogens is 384 g/mol. The molecule has 0 aliphatic rings. The van der Waals surface area contributed by atoms with Crippen molar-refractivity contribution in [3.05, 3.63) is 77.4 Å². The Kier molecular flexibility index (Phi) is 5.14. The van der Waals surface area contributed by atoms with Gasteiger partial charge in [0.15, 0.2) is 5.13 Å². The maximum atomic E-state index is 13.3. The molecule has 29 heavy (non-hydrogen) atoms. The summed E-state index contributed by atoms with van der Waals surface area (Å²) in [6, 6.07) is 15.6. The Morgan fingerprint density at radius 3 is 2.66 bits per heavy atom. The summed E-state index contributed by atoms with van der Waals surface area (Å²) in [7, 11) is 3.34. The van der Waals surface area contributed by atoms with Crippen LogP contribution in [-0.4, -0.2) is 34.8 Å². The third-order valence-corrected chi connectivity index (χ3v) is 5.45. The predicted octanol–water partition coefficient (Wildman–Crippen LogP) is 4.59. The van der Waals surface area contributed by atoms with Crippen molar-refractivity contribution in [1.82, 2.24) is 14.8 Å². The summed E-state index contributed by atoms with van der Waals surface area (Å²) in [6.07, 6.45) is 3.45. The molecular formula is C22H20N4O2S. The van der Waals surface area contributed by atoms with Crippen molar-refractivity contribution in [2.45, 2.75) is 6.92 Å². The summed E-state index contributed by atoms with van der Waals surface area (Å²) in [5, 5.41) is 7.22. The molecule has 0 spiro atoms. The van der Waals surface area contributed by atoms with E-state index in [0.717, 1.165) is 16.8 Å². The third-order valence-electron chi connectivity index (χ3n) is 4.60. The molecule has 0 unspecified atom stereocenters. The minimum absolute atomic E-state index is 0.170. The number of methoxy groups -OCH3 is 1. The minimum Gasteiger partial charge on any atom is -0.497 e. The molecule has 1 amide bonds. The zero-order valence-corrected chi connectivity index (χ0v) is 17.2. The SMILES string of the molecule is COc1cccc(-c2nn(-c3ccc(C)cc3)cc2C(=O)N(C)c2nccs2)c1. The lowest BCUT2D eigenvalue weighted by Crippen LogP contribution is -2.26. The van der Waals surface area contributed by atoms with Gasteiger partial charge in [0.05, 0.1) is 18.4 Å². The van der Waals surface area contributed by atoms with Gasteiger partial charge in [0.2, 0.25) is 0 Å². The van der Waals surface area contributed by atoms with Crippen LogP contribution in [0.4, 0.5) is 5.13 Å². The average Bonchev–Trinajstić information content (AvgIpc) is 3.44. The molecule has 2 aromatic heterocycles. The van der Waals surface area contributed by atoms with E-state index in [1.165, 1.54) is 11.3 Å². The Bertz CT molecular complexity index is 1130. The van der Waals surface area contributed by atoms with Crippen LogP contribution in [-0.2, 0) is 0 Å². The van der Waals surface area contributed by atoms with Crippen LogP contribution in [0.5, 0.6) is 5.75 Å².